The van der Waals surface area contributed by atoms with Crippen LogP contribution >= 0.6 is 11.6 Å². The van der Waals surface area contributed by atoms with E-state index in [1.54, 1.807) is 6.07 Å². The van der Waals surface area contributed by atoms with Crippen molar-refractivity contribution in [1.29, 1.82) is 0 Å². The standard InChI is InChI=1S/C13H16ClFN2/c14-11-6-5-9(7-12(11)15)13(8-16)17-10-3-1-2-4-10/h1-2,5-7,10,13,17H,3-4,8,16H2. The Bertz CT molecular complexity index is 412. The maximum absolute atomic E-state index is 13.4. The molecule has 1 aliphatic carbocycles. The molecule has 0 saturated carbocycles. The van der Waals surface area contributed by atoms with E-state index in [1.807, 2.05) is 6.07 Å². The maximum Gasteiger partial charge on any atom is 0.142 e. The third kappa shape index (κ3) is 3.06. The zero-order valence-electron chi connectivity index (χ0n) is 9.50. The molecule has 0 aromatic heterocycles. The van der Waals surface area contributed by atoms with Crippen molar-refractivity contribution in [3.63, 3.8) is 0 Å². The summed E-state index contributed by atoms with van der Waals surface area (Å²) in [5.41, 5.74) is 6.58. The second-order valence-electron chi connectivity index (χ2n) is 4.27. The molecule has 1 aromatic rings. The normalized spacial score (nSPS) is 17.6. The van der Waals surface area contributed by atoms with Crippen LogP contribution in [0.15, 0.2) is 30.4 Å². The van der Waals surface area contributed by atoms with Crippen LogP contribution in [0.4, 0.5) is 4.39 Å². The van der Waals surface area contributed by atoms with Gasteiger partial charge in [-0.3, -0.25) is 0 Å². The molecule has 1 aliphatic rings. The van der Waals surface area contributed by atoms with Crippen LogP contribution in [0.5, 0.6) is 0 Å². The van der Waals surface area contributed by atoms with Crippen molar-refractivity contribution in [2.24, 2.45) is 5.73 Å². The fourth-order valence-corrected chi connectivity index (χ4v) is 2.18. The first-order valence-corrected chi connectivity index (χ1v) is 6.14. The van der Waals surface area contributed by atoms with Gasteiger partial charge in [-0.05, 0) is 30.5 Å². The summed E-state index contributed by atoms with van der Waals surface area (Å²) in [6, 6.07) is 5.23. The Morgan fingerprint density at radius 1 is 1.41 bits per heavy atom. The molecule has 2 nitrogen and oxygen atoms in total. The molecule has 0 spiro atoms. The summed E-state index contributed by atoms with van der Waals surface area (Å²) >= 11 is 5.66. The van der Waals surface area contributed by atoms with Crippen molar-refractivity contribution in [1.82, 2.24) is 5.32 Å². The lowest BCUT2D eigenvalue weighted by Gasteiger charge is -2.22. The Hall–Kier alpha value is -0.900. The zero-order valence-corrected chi connectivity index (χ0v) is 10.3. The Morgan fingerprint density at radius 2 is 2.12 bits per heavy atom. The lowest BCUT2D eigenvalue weighted by atomic mass is 10.1. The van der Waals surface area contributed by atoms with Crippen molar-refractivity contribution in [2.45, 2.75) is 24.9 Å². The monoisotopic (exact) mass is 254 g/mol. The van der Waals surface area contributed by atoms with Gasteiger partial charge in [-0.2, -0.15) is 0 Å². The SMILES string of the molecule is NCC(NC1CC=CC1)c1ccc(Cl)c(F)c1. The maximum atomic E-state index is 13.4. The molecule has 1 aromatic carbocycles. The summed E-state index contributed by atoms with van der Waals surface area (Å²) in [5, 5.41) is 3.58. The lowest BCUT2D eigenvalue weighted by Crippen LogP contribution is -2.35. The van der Waals surface area contributed by atoms with E-state index in [2.05, 4.69) is 17.5 Å². The molecule has 17 heavy (non-hydrogen) atoms. The van der Waals surface area contributed by atoms with E-state index in [9.17, 15) is 4.39 Å². The average Bonchev–Trinajstić information content (AvgIpc) is 2.82. The molecule has 0 heterocycles. The Kier molecular flexibility index (Phi) is 4.15. The number of benzene rings is 1. The number of hydrogen-bond donors (Lipinski definition) is 2. The first kappa shape index (κ1) is 12.6. The molecule has 0 fully saturated rings. The third-order valence-corrected chi connectivity index (χ3v) is 3.33. The minimum atomic E-state index is -0.394. The molecular weight excluding hydrogens is 239 g/mol. The quantitative estimate of drug-likeness (QED) is 0.811. The van der Waals surface area contributed by atoms with Gasteiger partial charge in [-0.15, -0.1) is 0 Å². The second-order valence-corrected chi connectivity index (χ2v) is 4.68. The van der Waals surface area contributed by atoms with Gasteiger partial charge in [-0.1, -0.05) is 29.8 Å². The fraction of sp³-hybridized carbons (Fsp3) is 0.385. The third-order valence-electron chi connectivity index (χ3n) is 3.03. The van der Waals surface area contributed by atoms with Gasteiger partial charge in [0, 0.05) is 18.6 Å². The first-order valence-electron chi connectivity index (χ1n) is 5.76. The van der Waals surface area contributed by atoms with E-state index in [0.717, 1.165) is 18.4 Å². The molecule has 0 amide bonds. The van der Waals surface area contributed by atoms with Crippen LogP contribution in [0.2, 0.25) is 5.02 Å². The second kappa shape index (κ2) is 5.63. The highest BCUT2D eigenvalue weighted by Gasteiger charge is 2.17. The van der Waals surface area contributed by atoms with Crippen LogP contribution in [0.1, 0.15) is 24.4 Å². The van der Waals surface area contributed by atoms with Crippen LogP contribution in [-0.4, -0.2) is 12.6 Å². The molecule has 0 bridgehead atoms. The molecular formula is C13H16ClFN2. The predicted octanol–water partition coefficient (Wildman–Crippen LogP) is 2.79. The van der Waals surface area contributed by atoms with E-state index in [-0.39, 0.29) is 11.1 Å². The molecule has 4 heteroatoms. The Labute approximate surface area is 106 Å². The minimum Gasteiger partial charge on any atom is -0.329 e. The zero-order chi connectivity index (χ0) is 12.3. The highest BCUT2D eigenvalue weighted by Crippen LogP contribution is 2.21. The van der Waals surface area contributed by atoms with Crippen molar-refractivity contribution in [2.75, 3.05) is 6.54 Å². The smallest absolute Gasteiger partial charge is 0.142 e. The van der Waals surface area contributed by atoms with Gasteiger partial charge in [0.1, 0.15) is 5.82 Å². The summed E-state index contributed by atoms with van der Waals surface area (Å²) in [6.07, 6.45) is 6.31. The van der Waals surface area contributed by atoms with Gasteiger partial charge in [0.15, 0.2) is 0 Å². The molecule has 2 rings (SSSR count). The van der Waals surface area contributed by atoms with Gasteiger partial charge >= 0.3 is 0 Å². The summed E-state index contributed by atoms with van der Waals surface area (Å²) in [4.78, 5) is 0. The molecule has 0 aliphatic heterocycles. The Balaban J connectivity index is 2.08. The van der Waals surface area contributed by atoms with E-state index in [1.165, 1.54) is 6.07 Å². The van der Waals surface area contributed by atoms with Gasteiger partial charge in [0.2, 0.25) is 0 Å². The van der Waals surface area contributed by atoms with E-state index >= 15 is 0 Å². The van der Waals surface area contributed by atoms with E-state index < -0.39 is 5.82 Å². The predicted molar refractivity (Wildman–Crippen MR) is 68.5 cm³/mol. The van der Waals surface area contributed by atoms with Crippen LogP contribution < -0.4 is 11.1 Å². The van der Waals surface area contributed by atoms with Crippen LogP contribution in [-0.2, 0) is 0 Å². The molecule has 1 atom stereocenters. The van der Waals surface area contributed by atoms with Gasteiger partial charge in [0.05, 0.1) is 5.02 Å². The van der Waals surface area contributed by atoms with Gasteiger partial charge in [0.25, 0.3) is 0 Å². The number of hydrogen-bond acceptors (Lipinski definition) is 2. The van der Waals surface area contributed by atoms with Crippen LogP contribution in [0, 0.1) is 5.82 Å². The van der Waals surface area contributed by atoms with Crippen molar-refractivity contribution < 1.29 is 4.39 Å². The van der Waals surface area contributed by atoms with Gasteiger partial charge < -0.3 is 11.1 Å². The fourth-order valence-electron chi connectivity index (χ4n) is 2.07. The molecule has 0 saturated heterocycles. The van der Waals surface area contributed by atoms with Crippen LogP contribution in [0.3, 0.4) is 0 Å². The Morgan fingerprint density at radius 3 is 2.71 bits per heavy atom. The largest absolute Gasteiger partial charge is 0.329 e. The number of halogens is 2. The highest BCUT2D eigenvalue weighted by molar-refractivity contribution is 6.30. The summed E-state index contributed by atoms with van der Waals surface area (Å²) in [5.74, 6) is -0.394. The average molecular weight is 255 g/mol. The topological polar surface area (TPSA) is 38.0 Å². The molecule has 0 radical (unpaired) electrons. The van der Waals surface area contributed by atoms with Crippen molar-refractivity contribution in [3.8, 4) is 0 Å². The van der Waals surface area contributed by atoms with Crippen molar-refractivity contribution >= 4 is 11.6 Å². The molecule has 1 unspecified atom stereocenters. The summed E-state index contributed by atoms with van der Waals surface area (Å²) < 4.78 is 13.4. The van der Waals surface area contributed by atoms with E-state index in [0.29, 0.717) is 12.6 Å². The van der Waals surface area contributed by atoms with E-state index in [4.69, 9.17) is 17.3 Å². The summed E-state index contributed by atoms with van der Waals surface area (Å²) in [6.45, 7) is 0.442. The molecule has 3 N–H and O–H groups in total. The number of nitrogens with two attached hydrogens (primary N) is 1. The summed E-state index contributed by atoms with van der Waals surface area (Å²) in [7, 11) is 0. The number of nitrogens with one attached hydrogen (secondary N) is 1. The van der Waals surface area contributed by atoms with Crippen LogP contribution in [0.25, 0.3) is 0 Å². The number of rotatable bonds is 4. The van der Waals surface area contributed by atoms with Crippen molar-refractivity contribution in [3.05, 3.63) is 46.8 Å². The minimum absolute atomic E-state index is 0.0216. The molecule has 92 valence electrons. The lowest BCUT2D eigenvalue weighted by molar-refractivity contribution is 0.451. The van der Waals surface area contributed by atoms with Gasteiger partial charge in [-0.25, -0.2) is 4.39 Å². The first-order chi connectivity index (χ1) is 8.20. The highest BCUT2D eigenvalue weighted by atomic mass is 35.5.